The fraction of sp³-hybridized carbons (Fsp3) is 0.286. The zero-order chi connectivity index (χ0) is 14.5. The maximum Gasteiger partial charge on any atom is 0.180 e. The third-order valence-electron chi connectivity index (χ3n) is 3.11. The average Bonchev–Trinajstić information content (AvgIpc) is 2.95. The summed E-state index contributed by atoms with van der Waals surface area (Å²) in [7, 11) is 0. The van der Waals surface area contributed by atoms with E-state index < -0.39 is 23.5 Å². The number of oxazole rings is 1. The molecule has 6 heteroatoms. The molecule has 2 aromatic rings. The predicted molar refractivity (Wildman–Crippen MR) is 65.7 cm³/mol. The minimum atomic E-state index is -1.10. The van der Waals surface area contributed by atoms with Crippen LogP contribution in [0.4, 0.5) is 8.78 Å². The average molecular weight is 278 g/mol. The second kappa shape index (κ2) is 6.26. The minimum Gasteiger partial charge on any atom is -0.448 e. The van der Waals surface area contributed by atoms with Crippen molar-refractivity contribution in [2.75, 3.05) is 6.61 Å². The molecule has 0 saturated carbocycles. The molecule has 104 valence electrons. The molecule has 1 heterocycles. The summed E-state index contributed by atoms with van der Waals surface area (Å²) in [5, 5.41) is 18.4. The van der Waals surface area contributed by atoms with Gasteiger partial charge in [-0.15, -0.1) is 0 Å². The largest absolute Gasteiger partial charge is 0.448 e. The van der Waals surface area contributed by atoms with Gasteiger partial charge in [0.05, 0.1) is 18.2 Å². The topological polar surface area (TPSA) is 70.0 Å². The lowest BCUT2D eigenvalue weighted by atomic mass is 9.83. The number of hydrogen-bond donors (Lipinski definition) is 1. The molecule has 0 unspecified atom stereocenters. The highest BCUT2D eigenvalue weighted by Crippen LogP contribution is 2.37. The van der Waals surface area contributed by atoms with Crippen molar-refractivity contribution in [3.05, 3.63) is 53.7 Å². The standard InChI is InChI=1S/C14H12F2N2O2/c15-11-2-1-3-12(16)14(11)10(6-17)9(4-5-19)13-7-18-8-20-13/h1-3,7-10,19H,4-5H2/t9-,10-/m1/s1. The van der Waals surface area contributed by atoms with Crippen LogP contribution in [0.3, 0.4) is 0 Å². The highest BCUT2D eigenvalue weighted by atomic mass is 19.1. The molecule has 0 bridgehead atoms. The lowest BCUT2D eigenvalue weighted by Gasteiger charge is -2.20. The van der Waals surface area contributed by atoms with Gasteiger partial charge in [0.1, 0.15) is 17.4 Å². The van der Waals surface area contributed by atoms with E-state index in [1.165, 1.54) is 18.7 Å². The Balaban J connectivity index is 2.47. The zero-order valence-corrected chi connectivity index (χ0v) is 10.5. The quantitative estimate of drug-likeness (QED) is 0.912. The van der Waals surface area contributed by atoms with Crippen LogP contribution in [-0.2, 0) is 0 Å². The van der Waals surface area contributed by atoms with Crippen LogP contribution < -0.4 is 0 Å². The molecule has 20 heavy (non-hydrogen) atoms. The monoisotopic (exact) mass is 278 g/mol. The third kappa shape index (κ3) is 2.68. The third-order valence-corrected chi connectivity index (χ3v) is 3.11. The van der Waals surface area contributed by atoms with Gasteiger partial charge in [0.2, 0.25) is 0 Å². The van der Waals surface area contributed by atoms with Gasteiger partial charge in [0, 0.05) is 18.1 Å². The van der Waals surface area contributed by atoms with E-state index in [0.29, 0.717) is 5.76 Å². The number of aliphatic hydroxyl groups excluding tert-OH is 1. The van der Waals surface area contributed by atoms with E-state index >= 15 is 0 Å². The number of hydrogen-bond acceptors (Lipinski definition) is 4. The molecule has 0 fully saturated rings. The molecule has 0 aliphatic heterocycles. The summed E-state index contributed by atoms with van der Waals surface area (Å²) in [6.45, 7) is -0.236. The van der Waals surface area contributed by atoms with E-state index in [4.69, 9.17) is 9.52 Å². The molecule has 0 amide bonds. The predicted octanol–water partition coefficient (Wildman–Crippen LogP) is 2.73. The van der Waals surface area contributed by atoms with Crippen LogP contribution in [0.1, 0.15) is 29.6 Å². The first kappa shape index (κ1) is 14.2. The summed E-state index contributed by atoms with van der Waals surface area (Å²) in [6.07, 6.45) is 2.69. The van der Waals surface area contributed by atoms with E-state index in [0.717, 1.165) is 12.1 Å². The van der Waals surface area contributed by atoms with Crippen LogP contribution in [0, 0.1) is 23.0 Å². The molecule has 2 atom stereocenters. The first-order valence-electron chi connectivity index (χ1n) is 6.01. The second-order valence-corrected chi connectivity index (χ2v) is 4.26. The van der Waals surface area contributed by atoms with E-state index in [1.807, 2.05) is 6.07 Å². The lowest BCUT2D eigenvalue weighted by molar-refractivity contribution is 0.261. The normalized spacial score (nSPS) is 13.7. The van der Waals surface area contributed by atoms with Crippen molar-refractivity contribution in [1.82, 2.24) is 4.98 Å². The molecule has 0 saturated heterocycles. The van der Waals surface area contributed by atoms with Crippen molar-refractivity contribution in [3.63, 3.8) is 0 Å². The summed E-state index contributed by atoms with van der Waals surface area (Å²) in [5.74, 6) is -3.04. The zero-order valence-electron chi connectivity index (χ0n) is 10.5. The Morgan fingerprint density at radius 3 is 2.55 bits per heavy atom. The summed E-state index contributed by atoms with van der Waals surface area (Å²) >= 11 is 0. The van der Waals surface area contributed by atoms with Crippen molar-refractivity contribution >= 4 is 0 Å². The molecule has 0 spiro atoms. The molecule has 0 aliphatic rings. The Kier molecular flexibility index (Phi) is 4.43. The van der Waals surface area contributed by atoms with Gasteiger partial charge in [-0.2, -0.15) is 5.26 Å². The minimum absolute atomic E-state index is 0.140. The van der Waals surface area contributed by atoms with Crippen molar-refractivity contribution in [2.45, 2.75) is 18.3 Å². The SMILES string of the molecule is N#C[C@@H](c1c(F)cccc1F)[C@@H](CCO)c1cnco1. The summed E-state index contributed by atoms with van der Waals surface area (Å²) in [5.41, 5.74) is -0.315. The van der Waals surface area contributed by atoms with Gasteiger partial charge in [-0.1, -0.05) is 6.07 Å². The molecular formula is C14H12F2N2O2. The number of nitriles is 1. The highest BCUT2D eigenvalue weighted by molar-refractivity contribution is 5.32. The maximum absolute atomic E-state index is 13.8. The Labute approximate surface area is 114 Å². The van der Waals surface area contributed by atoms with Gasteiger partial charge in [-0.05, 0) is 18.6 Å². The van der Waals surface area contributed by atoms with Gasteiger partial charge in [0.15, 0.2) is 6.39 Å². The van der Waals surface area contributed by atoms with Crippen LogP contribution in [0.15, 0.2) is 35.2 Å². The summed E-state index contributed by atoms with van der Waals surface area (Å²) < 4.78 is 32.8. The molecule has 1 N–H and O–H groups in total. The smallest absolute Gasteiger partial charge is 0.180 e. The lowest BCUT2D eigenvalue weighted by Crippen LogP contribution is -2.14. The number of halogens is 2. The summed E-state index contributed by atoms with van der Waals surface area (Å²) in [4.78, 5) is 3.74. The number of nitrogens with zero attached hydrogens (tertiary/aromatic N) is 2. The Morgan fingerprint density at radius 1 is 1.35 bits per heavy atom. The number of rotatable bonds is 5. The van der Waals surface area contributed by atoms with Crippen LogP contribution in [0.25, 0.3) is 0 Å². The van der Waals surface area contributed by atoms with Crippen molar-refractivity contribution in [3.8, 4) is 6.07 Å². The van der Waals surface area contributed by atoms with Gasteiger partial charge >= 0.3 is 0 Å². The van der Waals surface area contributed by atoms with Gasteiger partial charge in [-0.25, -0.2) is 13.8 Å². The van der Waals surface area contributed by atoms with Crippen molar-refractivity contribution in [1.29, 1.82) is 5.26 Å². The molecule has 2 rings (SSSR count). The molecule has 0 aliphatic carbocycles. The van der Waals surface area contributed by atoms with E-state index in [-0.39, 0.29) is 18.6 Å². The Bertz CT molecular complexity index is 588. The van der Waals surface area contributed by atoms with E-state index in [9.17, 15) is 14.0 Å². The second-order valence-electron chi connectivity index (χ2n) is 4.26. The summed E-state index contributed by atoms with van der Waals surface area (Å²) in [6, 6.07) is 5.32. The fourth-order valence-corrected chi connectivity index (χ4v) is 2.18. The van der Waals surface area contributed by atoms with E-state index in [1.54, 1.807) is 0 Å². The molecular weight excluding hydrogens is 266 g/mol. The van der Waals surface area contributed by atoms with Gasteiger partial charge in [-0.3, -0.25) is 0 Å². The van der Waals surface area contributed by atoms with Gasteiger partial charge < -0.3 is 9.52 Å². The van der Waals surface area contributed by atoms with Gasteiger partial charge in [0.25, 0.3) is 0 Å². The first-order valence-corrected chi connectivity index (χ1v) is 6.01. The van der Waals surface area contributed by atoms with Crippen LogP contribution >= 0.6 is 0 Å². The molecule has 1 aromatic carbocycles. The molecule has 4 nitrogen and oxygen atoms in total. The molecule has 1 aromatic heterocycles. The number of aliphatic hydroxyl groups is 1. The van der Waals surface area contributed by atoms with Crippen molar-refractivity contribution < 1.29 is 18.3 Å². The maximum atomic E-state index is 13.8. The number of benzene rings is 1. The highest BCUT2D eigenvalue weighted by Gasteiger charge is 2.31. The molecule has 0 radical (unpaired) electrons. The van der Waals surface area contributed by atoms with Crippen LogP contribution in [0.2, 0.25) is 0 Å². The first-order chi connectivity index (χ1) is 9.69. The fourth-order valence-electron chi connectivity index (χ4n) is 2.18. The Hall–Kier alpha value is -2.26. The van der Waals surface area contributed by atoms with Crippen molar-refractivity contribution in [2.24, 2.45) is 0 Å². The number of aromatic nitrogens is 1. The Morgan fingerprint density at radius 2 is 2.05 bits per heavy atom. The van der Waals surface area contributed by atoms with Crippen LogP contribution in [0.5, 0.6) is 0 Å². The van der Waals surface area contributed by atoms with E-state index in [2.05, 4.69) is 4.98 Å². The van der Waals surface area contributed by atoms with Crippen LogP contribution in [-0.4, -0.2) is 16.7 Å².